The molecule has 2 N–H and O–H groups in total. The number of benzene rings is 1. The summed E-state index contributed by atoms with van der Waals surface area (Å²) < 4.78 is 11.3. The summed E-state index contributed by atoms with van der Waals surface area (Å²) in [4.78, 5) is 6.99. The number of ether oxygens (including phenoxy) is 2. The van der Waals surface area contributed by atoms with Crippen LogP contribution < -0.4 is 10.6 Å². The first kappa shape index (κ1) is 25.4. The van der Waals surface area contributed by atoms with Crippen LogP contribution in [0.4, 0.5) is 0 Å². The Hall–Kier alpha value is -0.900. The van der Waals surface area contributed by atoms with Crippen molar-refractivity contribution in [1.82, 2.24) is 15.5 Å². The van der Waals surface area contributed by atoms with Crippen LogP contribution in [0, 0.1) is 0 Å². The molecule has 2 fully saturated rings. The molecule has 0 saturated carbocycles. The van der Waals surface area contributed by atoms with E-state index in [-0.39, 0.29) is 36.1 Å². The van der Waals surface area contributed by atoms with E-state index in [1.54, 1.807) is 0 Å². The third-order valence-electron chi connectivity index (χ3n) is 5.73. The number of likely N-dealkylation sites (tertiary alicyclic amines) is 1. The lowest BCUT2D eigenvalue weighted by Gasteiger charge is -2.23. The molecule has 2 unspecified atom stereocenters. The first-order chi connectivity index (χ1) is 14.2. The lowest BCUT2D eigenvalue weighted by atomic mass is 10.1. The second kappa shape index (κ2) is 14.2. The van der Waals surface area contributed by atoms with E-state index >= 15 is 0 Å². The standard InChI is InChI=1S/C23H38N4O2.HI/c1-19(17-29-22-11-14-28-18-22)26-23(24-2)25-15-20-9-5-6-10-21(20)16-27-12-7-3-4-8-13-27;/h5-6,9-10,19,22H,3-4,7-8,11-18H2,1-2H3,(H2,24,25,26);1H. The second-order valence-electron chi connectivity index (χ2n) is 8.25. The van der Waals surface area contributed by atoms with Crippen LogP contribution in [0.15, 0.2) is 29.3 Å². The predicted octanol–water partition coefficient (Wildman–Crippen LogP) is 3.54. The number of hydrogen-bond donors (Lipinski definition) is 2. The number of aliphatic imine (C=N–C) groups is 1. The fourth-order valence-electron chi connectivity index (χ4n) is 3.99. The molecule has 0 bridgehead atoms. The molecule has 1 aromatic carbocycles. The minimum Gasteiger partial charge on any atom is -0.379 e. The fraction of sp³-hybridized carbons (Fsp3) is 0.696. The maximum absolute atomic E-state index is 5.91. The van der Waals surface area contributed by atoms with Crippen molar-refractivity contribution in [3.8, 4) is 0 Å². The summed E-state index contributed by atoms with van der Waals surface area (Å²) in [6.07, 6.45) is 6.62. The Morgan fingerprint density at radius 1 is 1.20 bits per heavy atom. The zero-order chi connectivity index (χ0) is 20.3. The molecule has 2 aliphatic rings. The zero-order valence-corrected chi connectivity index (χ0v) is 20.9. The summed E-state index contributed by atoms with van der Waals surface area (Å²) in [5.41, 5.74) is 2.75. The molecule has 0 spiro atoms. The Balaban J connectivity index is 0.00000320. The van der Waals surface area contributed by atoms with Gasteiger partial charge in [0.05, 0.1) is 19.3 Å². The van der Waals surface area contributed by atoms with Gasteiger partial charge < -0.3 is 20.1 Å². The van der Waals surface area contributed by atoms with Gasteiger partial charge in [-0.05, 0) is 50.4 Å². The Bertz CT molecular complexity index is 629. The third-order valence-corrected chi connectivity index (χ3v) is 5.73. The molecule has 0 aliphatic carbocycles. The van der Waals surface area contributed by atoms with Gasteiger partial charge in [-0.1, -0.05) is 37.1 Å². The Labute approximate surface area is 199 Å². The van der Waals surface area contributed by atoms with Crippen molar-refractivity contribution in [3.05, 3.63) is 35.4 Å². The van der Waals surface area contributed by atoms with Gasteiger partial charge in [-0.2, -0.15) is 0 Å². The van der Waals surface area contributed by atoms with Gasteiger partial charge in [0, 0.05) is 32.8 Å². The van der Waals surface area contributed by atoms with Crippen molar-refractivity contribution in [1.29, 1.82) is 0 Å². The first-order valence-corrected chi connectivity index (χ1v) is 11.2. The number of rotatable bonds is 8. The van der Waals surface area contributed by atoms with Crippen molar-refractivity contribution in [2.45, 2.75) is 64.3 Å². The molecule has 6 nitrogen and oxygen atoms in total. The molecule has 2 saturated heterocycles. The van der Waals surface area contributed by atoms with Crippen LogP contribution in [0.25, 0.3) is 0 Å². The van der Waals surface area contributed by atoms with E-state index in [0.717, 1.165) is 32.1 Å². The second-order valence-corrected chi connectivity index (χ2v) is 8.25. The summed E-state index contributed by atoms with van der Waals surface area (Å²) in [5.74, 6) is 0.813. The highest BCUT2D eigenvalue weighted by Gasteiger charge is 2.17. The monoisotopic (exact) mass is 530 g/mol. The largest absolute Gasteiger partial charge is 0.379 e. The molecule has 2 heterocycles. The van der Waals surface area contributed by atoms with E-state index < -0.39 is 0 Å². The molecule has 2 atom stereocenters. The molecular weight excluding hydrogens is 491 g/mol. The maximum Gasteiger partial charge on any atom is 0.191 e. The van der Waals surface area contributed by atoms with Gasteiger partial charge in [0.1, 0.15) is 0 Å². The van der Waals surface area contributed by atoms with Gasteiger partial charge in [0.2, 0.25) is 0 Å². The van der Waals surface area contributed by atoms with Gasteiger partial charge in [-0.15, -0.1) is 24.0 Å². The van der Waals surface area contributed by atoms with Crippen molar-refractivity contribution in [3.63, 3.8) is 0 Å². The molecule has 170 valence electrons. The lowest BCUT2D eigenvalue weighted by molar-refractivity contribution is 0.0347. The molecule has 0 amide bonds. The Morgan fingerprint density at radius 2 is 1.93 bits per heavy atom. The van der Waals surface area contributed by atoms with E-state index in [1.807, 2.05) is 7.05 Å². The fourth-order valence-corrected chi connectivity index (χ4v) is 3.99. The minimum atomic E-state index is 0. The van der Waals surface area contributed by atoms with Gasteiger partial charge >= 0.3 is 0 Å². The highest BCUT2D eigenvalue weighted by Crippen LogP contribution is 2.16. The normalized spacial score (nSPS) is 21.5. The van der Waals surface area contributed by atoms with E-state index in [2.05, 4.69) is 51.7 Å². The lowest BCUT2D eigenvalue weighted by Crippen LogP contribution is -2.44. The van der Waals surface area contributed by atoms with Gasteiger partial charge in [0.25, 0.3) is 0 Å². The zero-order valence-electron chi connectivity index (χ0n) is 18.6. The molecule has 3 rings (SSSR count). The minimum absolute atomic E-state index is 0. The van der Waals surface area contributed by atoms with Gasteiger partial charge in [-0.3, -0.25) is 9.89 Å². The van der Waals surface area contributed by atoms with Crippen molar-refractivity contribution in [2.24, 2.45) is 4.99 Å². The topological polar surface area (TPSA) is 58.1 Å². The molecule has 30 heavy (non-hydrogen) atoms. The van der Waals surface area contributed by atoms with Crippen LogP contribution in [-0.4, -0.2) is 63.0 Å². The maximum atomic E-state index is 5.91. The average Bonchev–Trinajstić information content (AvgIpc) is 3.14. The van der Waals surface area contributed by atoms with Crippen molar-refractivity contribution < 1.29 is 9.47 Å². The van der Waals surface area contributed by atoms with E-state index in [9.17, 15) is 0 Å². The quantitative estimate of drug-likeness (QED) is 0.306. The van der Waals surface area contributed by atoms with E-state index in [0.29, 0.717) is 13.2 Å². The number of halogens is 1. The van der Waals surface area contributed by atoms with E-state index in [1.165, 1.54) is 49.9 Å². The summed E-state index contributed by atoms with van der Waals surface area (Å²) in [6, 6.07) is 8.95. The van der Waals surface area contributed by atoms with Crippen LogP contribution >= 0.6 is 24.0 Å². The summed E-state index contributed by atoms with van der Waals surface area (Å²) in [7, 11) is 1.82. The summed E-state index contributed by atoms with van der Waals surface area (Å²) >= 11 is 0. The van der Waals surface area contributed by atoms with Gasteiger partial charge in [-0.25, -0.2) is 0 Å². The summed E-state index contributed by atoms with van der Waals surface area (Å²) in [5, 5.41) is 6.91. The molecule has 0 radical (unpaired) electrons. The predicted molar refractivity (Wildman–Crippen MR) is 134 cm³/mol. The van der Waals surface area contributed by atoms with Crippen LogP contribution in [0.3, 0.4) is 0 Å². The third kappa shape index (κ3) is 8.69. The molecular formula is C23H39IN4O2. The summed E-state index contributed by atoms with van der Waals surface area (Å²) in [6.45, 7) is 8.55. The van der Waals surface area contributed by atoms with Crippen molar-refractivity contribution in [2.75, 3.05) is 40.0 Å². The number of nitrogens with one attached hydrogen (secondary N) is 2. The number of guanidine groups is 1. The van der Waals surface area contributed by atoms with Gasteiger partial charge in [0.15, 0.2) is 5.96 Å². The smallest absolute Gasteiger partial charge is 0.191 e. The van der Waals surface area contributed by atoms with E-state index in [4.69, 9.17) is 9.47 Å². The molecule has 2 aliphatic heterocycles. The Morgan fingerprint density at radius 3 is 2.60 bits per heavy atom. The van der Waals surface area contributed by atoms with Crippen LogP contribution in [0.5, 0.6) is 0 Å². The molecule has 7 heteroatoms. The van der Waals surface area contributed by atoms with Crippen LogP contribution in [0.1, 0.15) is 50.2 Å². The molecule has 0 aromatic heterocycles. The first-order valence-electron chi connectivity index (χ1n) is 11.2. The number of hydrogen-bond acceptors (Lipinski definition) is 4. The van der Waals surface area contributed by atoms with Crippen molar-refractivity contribution >= 4 is 29.9 Å². The van der Waals surface area contributed by atoms with Crippen LogP contribution in [0.2, 0.25) is 0 Å². The highest BCUT2D eigenvalue weighted by molar-refractivity contribution is 14.0. The highest BCUT2D eigenvalue weighted by atomic mass is 127. The number of nitrogens with zero attached hydrogens (tertiary/aromatic N) is 2. The Kier molecular flexibility index (Phi) is 12.0. The van der Waals surface area contributed by atoms with Crippen LogP contribution in [-0.2, 0) is 22.6 Å². The SMILES string of the molecule is CN=C(NCc1ccccc1CN1CCCCCC1)NC(C)COC1CCOC1.I. The molecule has 1 aromatic rings. The average molecular weight is 530 g/mol.